The van der Waals surface area contributed by atoms with Gasteiger partial charge in [0.05, 0.1) is 0 Å². The zero-order chi connectivity index (χ0) is 14.1. The number of carboxylic acid groups (broad SMARTS) is 2. The van der Waals surface area contributed by atoms with Gasteiger partial charge in [-0.25, -0.2) is 0 Å². The molecule has 0 aromatic heterocycles. The van der Waals surface area contributed by atoms with Gasteiger partial charge in [-0.05, 0) is 12.8 Å². The maximum atomic E-state index is 12.0. The molecule has 3 aliphatic rings. The SMILES string of the molecule is O=C(O)[C@@]12C(=O)NC(=O)[C@@]1(C(=O)O)C21CCCCC1. The molecule has 3 fully saturated rings. The third-order valence-corrected chi connectivity index (χ3v) is 5.19. The van der Waals surface area contributed by atoms with Crippen molar-refractivity contribution in [2.75, 3.05) is 0 Å². The predicted molar refractivity (Wildman–Crippen MR) is 58.8 cm³/mol. The minimum absolute atomic E-state index is 0.296. The van der Waals surface area contributed by atoms with Gasteiger partial charge in [0.25, 0.3) is 0 Å². The number of carboxylic acids is 2. The van der Waals surface area contributed by atoms with E-state index in [1.54, 1.807) is 0 Å². The smallest absolute Gasteiger partial charge is 0.321 e. The van der Waals surface area contributed by atoms with E-state index in [0.717, 1.165) is 6.42 Å². The number of nitrogens with one attached hydrogen (secondary N) is 1. The normalized spacial score (nSPS) is 38.7. The van der Waals surface area contributed by atoms with E-state index in [4.69, 9.17) is 0 Å². The molecule has 0 unspecified atom stereocenters. The lowest BCUT2D eigenvalue weighted by Gasteiger charge is -2.28. The molecule has 2 saturated carbocycles. The highest BCUT2D eigenvalue weighted by Crippen LogP contribution is 2.85. The highest BCUT2D eigenvalue weighted by molar-refractivity contribution is 6.33. The molecule has 1 saturated heterocycles. The second-order valence-electron chi connectivity index (χ2n) is 5.54. The highest BCUT2D eigenvalue weighted by atomic mass is 16.4. The summed E-state index contributed by atoms with van der Waals surface area (Å²) in [6.07, 6.45) is 2.74. The molecule has 2 atom stereocenters. The number of hydrogen-bond acceptors (Lipinski definition) is 4. The van der Waals surface area contributed by atoms with E-state index >= 15 is 0 Å². The number of carbonyl (C=O) groups excluding carboxylic acids is 2. The zero-order valence-corrected chi connectivity index (χ0v) is 10.1. The largest absolute Gasteiger partial charge is 0.480 e. The maximum absolute atomic E-state index is 12.0. The van der Waals surface area contributed by atoms with Gasteiger partial charge in [0.15, 0.2) is 10.8 Å². The van der Waals surface area contributed by atoms with Crippen molar-refractivity contribution in [3.63, 3.8) is 0 Å². The van der Waals surface area contributed by atoms with E-state index in [0.29, 0.717) is 25.7 Å². The molecular formula is C12H13NO6. The van der Waals surface area contributed by atoms with Crippen molar-refractivity contribution < 1.29 is 29.4 Å². The Labute approximate surface area is 108 Å². The molecule has 19 heavy (non-hydrogen) atoms. The van der Waals surface area contributed by atoms with E-state index in [2.05, 4.69) is 0 Å². The minimum Gasteiger partial charge on any atom is -0.480 e. The van der Waals surface area contributed by atoms with Crippen molar-refractivity contribution >= 4 is 23.8 Å². The van der Waals surface area contributed by atoms with Crippen molar-refractivity contribution in [2.45, 2.75) is 32.1 Å². The highest BCUT2D eigenvalue weighted by Gasteiger charge is 3.02. The maximum Gasteiger partial charge on any atom is 0.321 e. The van der Waals surface area contributed by atoms with Gasteiger partial charge in [0, 0.05) is 5.41 Å². The fourth-order valence-corrected chi connectivity index (χ4v) is 4.59. The lowest BCUT2D eigenvalue weighted by molar-refractivity contribution is -0.156. The van der Waals surface area contributed by atoms with Crippen LogP contribution in [-0.4, -0.2) is 34.0 Å². The average molecular weight is 267 g/mol. The number of carbonyl (C=O) groups is 4. The van der Waals surface area contributed by atoms with Gasteiger partial charge in [-0.2, -0.15) is 0 Å². The number of amides is 2. The lowest BCUT2D eigenvalue weighted by atomic mass is 9.76. The third kappa shape index (κ3) is 0.854. The monoisotopic (exact) mass is 267 g/mol. The van der Waals surface area contributed by atoms with Crippen LogP contribution in [0.5, 0.6) is 0 Å². The number of fused-ring (bicyclic) bond motifs is 3. The van der Waals surface area contributed by atoms with E-state index in [9.17, 15) is 29.4 Å². The molecule has 1 spiro atoms. The van der Waals surface area contributed by atoms with Crippen molar-refractivity contribution in [3.05, 3.63) is 0 Å². The first kappa shape index (κ1) is 12.1. The molecule has 7 nitrogen and oxygen atoms in total. The molecular weight excluding hydrogens is 254 g/mol. The summed E-state index contributed by atoms with van der Waals surface area (Å²) in [5, 5.41) is 20.8. The minimum atomic E-state index is -2.11. The number of aliphatic carboxylic acids is 2. The molecule has 102 valence electrons. The molecule has 1 aliphatic heterocycles. The van der Waals surface area contributed by atoms with Crippen molar-refractivity contribution in [1.82, 2.24) is 5.32 Å². The molecule has 2 aliphatic carbocycles. The Hall–Kier alpha value is -1.92. The molecule has 3 N–H and O–H groups in total. The second kappa shape index (κ2) is 3.15. The topological polar surface area (TPSA) is 121 Å². The standard InChI is InChI=1S/C12H13NO6/c14-6-11(8(16)17)10(4-2-1-3-5-10)12(11,9(18)19)7(15)13-6/h1-5H2,(H,16,17)(H,18,19)(H,13,14,15)/t11-,12-/m1/s1. The lowest BCUT2D eigenvalue weighted by Crippen LogP contribution is -2.42. The van der Waals surface area contributed by atoms with E-state index in [1.807, 2.05) is 5.32 Å². The molecule has 0 radical (unpaired) electrons. The predicted octanol–water partition coefficient (Wildman–Crippen LogP) is -0.251. The van der Waals surface area contributed by atoms with E-state index in [1.165, 1.54) is 0 Å². The van der Waals surface area contributed by atoms with Gasteiger partial charge >= 0.3 is 11.9 Å². The van der Waals surface area contributed by atoms with Crippen LogP contribution in [0.25, 0.3) is 0 Å². The van der Waals surface area contributed by atoms with Crippen LogP contribution in [0.15, 0.2) is 0 Å². The summed E-state index contributed by atoms with van der Waals surface area (Å²) >= 11 is 0. The van der Waals surface area contributed by atoms with E-state index < -0.39 is 40.0 Å². The van der Waals surface area contributed by atoms with Crippen LogP contribution >= 0.6 is 0 Å². The van der Waals surface area contributed by atoms with Gasteiger partial charge in [-0.3, -0.25) is 24.5 Å². The number of rotatable bonds is 2. The van der Waals surface area contributed by atoms with Gasteiger partial charge in [0.1, 0.15) is 0 Å². The first-order valence-electron chi connectivity index (χ1n) is 6.22. The summed E-state index contributed by atoms with van der Waals surface area (Å²) in [7, 11) is 0. The molecule has 3 rings (SSSR count). The Morgan fingerprint density at radius 1 is 0.895 bits per heavy atom. The fourth-order valence-electron chi connectivity index (χ4n) is 4.59. The zero-order valence-electron chi connectivity index (χ0n) is 10.1. The summed E-state index contributed by atoms with van der Waals surface area (Å²) in [5.74, 6) is -4.93. The van der Waals surface area contributed by atoms with Crippen LogP contribution < -0.4 is 5.32 Å². The summed E-state index contributed by atoms with van der Waals surface area (Å²) in [5.41, 5.74) is -5.46. The molecule has 1 heterocycles. The fraction of sp³-hybridized carbons (Fsp3) is 0.667. The average Bonchev–Trinajstić information content (AvgIpc) is 2.76. The Morgan fingerprint density at radius 2 is 1.32 bits per heavy atom. The number of piperidine rings is 1. The van der Waals surface area contributed by atoms with Crippen molar-refractivity contribution in [2.24, 2.45) is 16.2 Å². The van der Waals surface area contributed by atoms with Gasteiger partial charge in [-0.1, -0.05) is 19.3 Å². The molecule has 7 heteroatoms. The second-order valence-corrected chi connectivity index (χ2v) is 5.54. The summed E-state index contributed by atoms with van der Waals surface area (Å²) in [6, 6.07) is 0. The molecule has 0 aromatic carbocycles. The number of hydrogen-bond donors (Lipinski definition) is 3. The third-order valence-electron chi connectivity index (χ3n) is 5.19. The Kier molecular flexibility index (Phi) is 2.01. The van der Waals surface area contributed by atoms with Gasteiger partial charge < -0.3 is 10.2 Å². The number of imide groups is 1. The molecule has 2 amide bonds. The van der Waals surface area contributed by atoms with Crippen LogP contribution in [0.1, 0.15) is 32.1 Å². The van der Waals surface area contributed by atoms with Crippen molar-refractivity contribution in [1.29, 1.82) is 0 Å². The summed E-state index contributed by atoms with van der Waals surface area (Å²) < 4.78 is 0. The first-order chi connectivity index (χ1) is 8.89. The van der Waals surface area contributed by atoms with Crippen LogP contribution in [0.3, 0.4) is 0 Å². The van der Waals surface area contributed by atoms with Gasteiger partial charge in [-0.15, -0.1) is 0 Å². The van der Waals surface area contributed by atoms with E-state index in [-0.39, 0.29) is 0 Å². The Morgan fingerprint density at radius 3 is 1.68 bits per heavy atom. The summed E-state index contributed by atoms with van der Waals surface area (Å²) in [4.78, 5) is 47.2. The molecule has 0 aromatic rings. The first-order valence-corrected chi connectivity index (χ1v) is 6.22. The van der Waals surface area contributed by atoms with Crippen LogP contribution in [-0.2, 0) is 19.2 Å². The summed E-state index contributed by atoms with van der Waals surface area (Å²) in [6.45, 7) is 0. The van der Waals surface area contributed by atoms with Crippen LogP contribution in [0, 0.1) is 16.2 Å². The van der Waals surface area contributed by atoms with Gasteiger partial charge in [0.2, 0.25) is 11.8 Å². The van der Waals surface area contributed by atoms with Crippen LogP contribution in [0.2, 0.25) is 0 Å². The van der Waals surface area contributed by atoms with Crippen LogP contribution in [0.4, 0.5) is 0 Å². The molecule has 0 bridgehead atoms. The Balaban J connectivity index is 2.26. The van der Waals surface area contributed by atoms with Crippen molar-refractivity contribution in [3.8, 4) is 0 Å². The quantitative estimate of drug-likeness (QED) is 0.468. The Bertz CT molecular complexity index is 494.